The molecule has 2 N–H and O–H groups in total. The fourth-order valence-electron chi connectivity index (χ4n) is 8.40. The monoisotopic (exact) mass is 951 g/mol. The molecule has 1 saturated heterocycles. The van der Waals surface area contributed by atoms with E-state index >= 15 is 0 Å². The van der Waals surface area contributed by atoms with Crippen molar-refractivity contribution in [2.45, 2.75) is 33.4 Å². The van der Waals surface area contributed by atoms with Crippen molar-refractivity contribution in [3.8, 4) is 34.0 Å². The maximum atomic E-state index is 14.6. The number of halogens is 2. The van der Waals surface area contributed by atoms with Crippen molar-refractivity contribution >= 4 is 46.9 Å². The minimum Gasteiger partial charge on any atom is -0.493 e. The number of nitrogens with zero attached hydrogens (tertiary/aromatic N) is 13. The molecule has 11 rings (SSSR count). The number of morpholine rings is 1. The van der Waals surface area contributed by atoms with Gasteiger partial charge in [-0.25, -0.2) is 18.7 Å². The summed E-state index contributed by atoms with van der Waals surface area (Å²) in [7, 11) is 3.57. The second kappa shape index (κ2) is 20.4. The lowest BCUT2D eigenvalue weighted by Gasteiger charge is -2.25. The summed E-state index contributed by atoms with van der Waals surface area (Å²) in [5, 5.41) is 15.0. The third-order valence-electron chi connectivity index (χ3n) is 11.7. The number of carbonyl (C=O) groups is 1. The van der Waals surface area contributed by atoms with Crippen molar-refractivity contribution in [2.24, 2.45) is 14.1 Å². The molecule has 0 bridgehead atoms. The summed E-state index contributed by atoms with van der Waals surface area (Å²) in [4.78, 5) is 55.8. The summed E-state index contributed by atoms with van der Waals surface area (Å²) in [5.74, 6) is 1.98. The van der Waals surface area contributed by atoms with Gasteiger partial charge in [0.15, 0.2) is 5.69 Å². The van der Waals surface area contributed by atoms with Crippen LogP contribution < -0.4 is 20.1 Å². The third kappa shape index (κ3) is 9.17. The molecule has 356 valence electrons. The summed E-state index contributed by atoms with van der Waals surface area (Å²) < 4.78 is 52.2. The third-order valence-corrected chi connectivity index (χ3v) is 11.7. The Balaban J connectivity index is 0.000000180. The highest BCUT2D eigenvalue weighted by molar-refractivity contribution is 5.94. The molecule has 2 aromatic carbocycles. The number of hydrogen-bond donors (Lipinski definition) is 2. The molecule has 0 atom stereocenters. The topological polar surface area (TPSA) is 211 Å². The number of rotatable bonds is 9. The fourth-order valence-corrected chi connectivity index (χ4v) is 8.40. The Morgan fingerprint density at radius 3 is 1.76 bits per heavy atom. The van der Waals surface area contributed by atoms with Gasteiger partial charge in [0.2, 0.25) is 23.2 Å². The van der Waals surface area contributed by atoms with Crippen LogP contribution in [-0.2, 0) is 54.4 Å². The quantitative estimate of drug-likeness (QED) is 0.153. The van der Waals surface area contributed by atoms with E-state index in [1.54, 1.807) is 79.3 Å². The van der Waals surface area contributed by atoms with E-state index in [2.05, 4.69) is 50.5 Å². The Kier molecular flexibility index (Phi) is 13.9. The number of nitrogens with one attached hydrogen (secondary N) is 2. The van der Waals surface area contributed by atoms with Crippen LogP contribution in [0.5, 0.6) is 11.5 Å². The molecular weight excluding hydrogens is 909 g/mol. The van der Waals surface area contributed by atoms with E-state index in [0.29, 0.717) is 109 Å². The average Bonchev–Trinajstić information content (AvgIpc) is 4.24. The minimum absolute atomic E-state index is 0. The fraction of sp³-hybridized carbons (Fsp3) is 0.277. The first-order chi connectivity index (χ1) is 33.6. The maximum absolute atomic E-state index is 14.6. The van der Waals surface area contributed by atoms with Crippen LogP contribution in [0.4, 0.5) is 32.3 Å². The molecule has 9 heterocycles. The Hall–Kier alpha value is -9.05. The van der Waals surface area contributed by atoms with Crippen LogP contribution in [-0.4, -0.2) is 105 Å². The van der Waals surface area contributed by atoms with E-state index < -0.39 is 0 Å². The zero-order valence-electron chi connectivity index (χ0n) is 36.9. The van der Waals surface area contributed by atoms with Crippen LogP contribution in [0, 0.1) is 24.8 Å². The van der Waals surface area contributed by atoms with Gasteiger partial charge in [-0.2, -0.15) is 19.8 Å². The Morgan fingerprint density at radius 1 is 0.757 bits per heavy atom. The highest BCUT2D eigenvalue weighted by Gasteiger charge is 2.26. The highest BCUT2D eigenvalue weighted by atomic mass is 19.1. The molecule has 0 spiro atoms. The smallest absolute Gasteiger partial charge is 0.373 e. The van der Waals surface area contributed by atoms with Crippen molar-refractivity contribution in [3.63, 3.8) is 0 Å². The van der Waals surface area contributed by atoms with Gasteiger partial charge in [-0.3, -0.25) is 23.0 Å². The molecule has 6 aromatic heterocycles. The molecule has 1 amide bonds. The van der Waals surface area contributed by atoms with E-state index in [1.807, 2.05) is 13.1 Å². The number of imidazole rings is 2. The summed E-state index contributed by atoms with van der Waals surface area (Å²) >= 11 is 0. The number of carbonyl (C=O) groups excluding carboxylic acids is 3. The number of aryl methyl sites for hydroxylation is 2. The molecule has 0 unspecified atom stereocenters. The van der Waals surface area contributed by atoms with Gasteiger partial charge in [0, 0.05) is 106 Å². The number of amides is 1. The van der Waals surface area contributed by atoms with Crippen molar-refractivity contribution in [2.75, 3.05) is 50.2 Å². The molecule has 8 aromatic rings. The molecule has 3 aliphatic rings. The molecular formula is C47H43F2N15O6. The molecule has 0 radical (unpaired) electrons. The molecule has 1 fully saturated rings. The Morgan fingerprint density at radius 2 is 1.27 bits per heavy atom. The van der Waals surface area contributed by atoms with Crippen LogP contribution in [0.1, 0.15) is 40.2 Å². The van der Waals surface area contributed by atoms with Gasteiger partial charge in [-0.05, 0) is 36.4 Å². The zero-order valence-corrected chi connectivity index (χ0v) is 36.9. The Labute approximate surface area is 397 Å². The normalized spacial score (nSPS) is 13.2. The van der Waals surface area contributed by atoms with Gasteiger partial charge in [-0.15, -0.1) is 0 Å². The van der Waals surface area contributed by atoms with Crippen molar-refractivity contribution in [3.05, 3.63) is 130 Å². The summed E-state index contributed by atoms with van der Waals surface area (Å²) in [6, 6.07) is 9.70. The van der Waals surface area contributed by atoms with Gasteiger partial charge in [0.05, 0.1) is 48.9 Å². The lowest BCUT2D eigenvalue weighted by molar-refractivity contribution is -0.191. The van der Waals surface area contributed by atoms with Crippen LogP contribution in [0.3, 0.4) is 0 Å². The minimum atomic E-state index is -0.315. The van der Waals surface area contributed by atoms with E-state index in [9.17, 15) is 13.6 Å². The van der Waals surface area contributed by atoms with Crippen molar-refractivity contribution < 1.29 is 37.4 Å². The standard InChI is InChI=1S/C25H23FN8O3.C20H16FN7O.CO2.CH4/c1-27-22-14-34-23(30-22)17(20-11-19(31-32(20)2)24(35)33-6-9-36-10-7-33)13-29-25(34)28-12-16-15-5-8-37-21(15)4-3-18(16)26;1-22-18-11-28-19(26-18)14(16-5-7-25-27(16)2)10-24-20(28)23-9-13-12-6-8-29-17(12)4-3-15(13)21;2-1-3;/h3-4,11,13-14H,5-10,12H2,2H3,(H,28,29);3-5,7,10-11H,6,8-9H2,2H3,(H,23,24);;1H4. The van der Waals surface area contributed by atoms with Crippen LogP contribution in [0.2, 0.25) is 0 Å². The SMILES string of the molecule is C.O=C=O.[C-]#[N+]c1cn2c(NCc3c(F)ccc4c3CCO4)ncc(-c3cc(C(=O)N4CCOCC4)nn3C)c2n1.[C-]#[N+]c1cn2c(NCc3c(F)ccc4c3CCO4)ncc(-c3ccnn3C)c2n1. The predicted molar refractivity (Wildman–Crippen MR) is 247 cm³/mol. The lowest BCUT2D eigenvalue weighted by Crippen LogP contribution is -2.40. The van der Waals surface area contributed by atoms with E-state index in [-0.39, 0.29) is 55.8 Å². The molecule has 3 aliphatic heterocycles. The molecule has 23 heteroatoms. The van der Waals surface area contributed by atoms with Crippen molar-refractivity contribution in [1.82, 2.24) is 53.2 Å². The first-order valence-electron chi connectivity index (χ1n) is 21.3. The number of aromatic nitrogens is 10. The number of benzene rings is 2. The van der Waals surface area contributed by atoms with Crippen LogP contribution in [0.15, 0.2) is 67.4 Å². The second-order valence-corrected chi connectivity index (χ2v) is 15.6. The predicted octanol–water partition coefficient (Wildman–Crippen LogP) is 6.26. The maximum Gasteiger partial charge on any atom is 0.373 e. The van der Waals surface area contributed by atoms with E-state index in [4.69, 9.17) is 36.9 Å². The molecule has 0 saturated carbocycles. The average molecular weight is 952 g/mol. The van der Waals surface area contributed by atoms with Gasteiger partial charge in [0.1, 0.15) is 23.1 Å². The van der Waals surface area contributed by atoms with Gasteiger partial charge in [-0.1, -0.05) is 30.5 Å². The highest BCUT2D eigenvalue weighted by Crippen LogP contribution is 2.34. The Bertz CT molecular complexity index is 3390. The van der Waals surface area contributed by atoms with Gasteiger partial charge >= 0.3 is 6.15 Å². The number of anilines is 2. The first kappa shape index (κ1) is 47.4. The largest absolute Gasteiger partial charge is 0.493 e. The second-order valence-electron chi connectivity index (χ2n) is 15.6. The number of hydrogen-bond acceptors (Lipinski definition) is 14. The van der Waals surface area contributed by atoms with Gasteiger partial charge < -0.3 is 39.4 Å². The summed E-state index contributed by atoms with van der Waals surface area (Å²) in [6.07, 6.45) is 9.76. The first-order valence-corrected chi connectivity index (χ1v) is 21.3. The van der Waals surface area contributed by atoms with Gasteiger partial charge in [0.25, 0.3) is 17.5 Å². The number of ether oxygens (including phenoxy) is 3. The number of fused-ring (bicyclic) bond motifs is 4. The van der Waals surface area contributed by atoms with E-state index in [0.717, 1.165) is 28.1 Å². The van der Waals surface area contributed by atoms with Crippen LogP contribution >= 0.6 is 0 Å². The zero-order chi connectivity index (χ0) is 48.2. The molecule has 21 nitrogen and oxygen atoms in total. The lowest BCUT2D eigenvalue weighted by atomic mass is 10.0. The van der Waals surface area contributed by atoms with Crippen LogP contribution in [0.25, 0.3) is 43.5 Å². The van der Waals surface area contributed by atoms with E-state index in [1.165, 1.54) is 12.1 Å². The molecule has 0 aliphatic carbocycles. The van der Waals surface area contributed by atoms with Crippen molar-refractivity contribution in [1.29, 1.82) is 0 Å². The molecule has 70 heavy (non-hydrogen) atoms. The summed E-state index contributed by atoms with van der Waals surface area (Å²) in [5.41, 5.74) is 7.02. The summed E-state index contributed by atoms with van der Waals surface area (Å²) in [6.45, 7) is 18.3.